The number of hydrogen-bond acceptors (Lipinski definition) is 6. The number of anilines is 1. The Labute approximate surface area is 132 Å². The van der Waals surface area contributed by atoms with Crippen molar-refractivity contribution in [1.29, 1.82) is 0 Å². The van der Waals surface area contributed by atoms with Crippen LogP contribution in [-0.4, -0.2) is 26.1 Å². The van der Waals surface area contributed by atoms with Crippen molar-refractivity contribution in [1.82, 2.24) is 15.1 Å². The summed E-state index contributed by atoms with van der Waals surface area (Å²) in [6, 6.07) is 8.51. The Balaban J connectivity index is 1.89. The molecule has 0 atom stereocenters. The molecule has 0 saturated heterocycles. The van der Waals surface area contributed by atoms with Gasteiger partial charge >= 0.3 is 0 Å². The van der Waals surface area contributed by atoms with Gasteiger partial charge in [0.15, 0.2) is 0 Å². The summed E-state index contributed by atoms with van der Waals surface area (Å²) in [6.07, 6.45) is 1.51. The molecular weight excluding hydrogens is 296 g/mol. The number of hydrogen-bond donors (Lipinski definition) is 2. The fraction of sp³-hybridized carbons (Fsp3) is 0.125. The van der Waals surface area contributed by atoms with Gasteiger partial charge in [0.25, 0.3) is 5.89 Å². The van der Waals surface area contributed by atoms with E-state index < -0.39 is 0 Å². The average molecular weight is 310 g/mol. The van der Waals surface area contributed by atoms with Crippen molar-refractivity contribution < 1.29 is 14.4 Å². The van der Waals surface area contributed by atoms with Crippen LogP contribution in [0.1, 0.15) is 12.5 Å². The minimum absolute atomic E-state index is 0.0692. The number of amides is 1. The third kappa shape index (κ3) is 3.18. The molecule has 23 heavy (non-hydrogen) atoms. The zero-order chi connectivity index (χ0) is 16.4. The van der Waals surface area contributed by atoms with Crippen LogP contribution in [0.25, 0.3) is 23.0 Å². The molecule has 0 aliphatic heterocycles. The molecule has 116 valence electrons. The molecule has 7 heteroatoms. The molecule has 1 aromatic carbocycles. The van der Waals surface area contributed by atoms with Crippen molar-refractivity contribution >= 4 is 11.6 Å². The minimum atomic E-state index is -0.170. The number of phenols is 1. The second-order valence-corrected chi connectivity index (χ2v) is 5.06. The fourth-order valence-electron chi connectivity index (χ4n) is 2.06. The molecule has 0 bridgehead atoms. The number of aromatic hydroxyl groups is 1. The van der Waals surface area contributed by atoms with E-state index in [4.69, 9.17) is 4.52 Å². The van der Waals surface area contributed by atoms with Crippen molar-refractivity contribution in [3.05, 3.63) is 42.1 Å². The summed E-state index contributed by atoms with van der Waals surface area (Å²) in [5.41, 5.74) is 2.52. The van der Waals surface area contributed by atoms with E-state index in [0.29, 0.717) is 22.8 Å². The predicted molar refractivity (Wildman–Crippen MR) is 83.7 cm³/mol. The Morgan fingerprint density at radius 1 is 1.26 bits per heavy atom. The van der Waals surface area contributed by atoms with E-state index in [1.165, 1.54) is 13.1 Å². The Morgan fingerprint density at radius 3 is 2.78 bits per heavy atom. The van der Waals surface area contributed by atoms with Crippen LogP contribution in [0.5, 0.6) is 5.75 Å². The average Bonchev–Trinajstić information content (AvgIpc) is 2.99. The normalized spacial score (nSPS) is 10.5. The van der Waals surface area contributed by atoms with Gasteiger partial charge in [-0.1, -0.05) is 16.8 Å². The first-order chi connectivity index (χ1) is 11.0. The van der Waals surface area contributed by atoms with Gasteiger partial charge in [0, 0.05) is 6.92 Å². The first kappa shape index (κ1) is 14.7. The number of aromatic nitrogens is 3. The van der Waals surface area contributed by atoms with E-state index in [0.717, 1.165) is 5.56 Å². The lowest BCUT2D eigenvalue weighted by molar-refractivity contribution is -0.114. The zero-order valence-corrected chi connectivity index (χ0v) is 12.6. The van der Waals surface area contributed by atoms with Crippen LogP contribution in [0.15, 0.2) is 41.1 Å². The van der Waals surface area contributed by atoms with Gasteiger partial charge in [-0.3, -0.25) is 9.78 Å². The Bertz CT molecular complexity index is 856. The van der Waals surface area contributed by atoms with Crippen molar-refractivity contribution in [3.63, 3.8) is 0 Å². The zero-order valence-electron chi connectivity index (χ0n) is 12.6. The number of carbonyl (C=O) groups excluding carboxylic acids is 1. The molecule has 0 unspecified atom stereocenters. The quantitative estimate of drug-likeness (QED) is 0.771. The molecule has 1 amide bonds. The number of nitrogens with zero attached hydrogens (tertiary/aromatic N) is 3. The first-order valence-corrected chi connectivity index (χ1v) is 6.90. The third-order valence-electron chi connectivity index (χ3n) is 3.12. The lowest BCUT2D eigenvalue weighted by atomic mass is 10.1. The van der Waals surface area contributed by atoms with Gasteiger partial charge in [-0.2, -0.15) is 4.98 Å². The molecular formula is C16H14N4O3. The molecule has 3 aromatic rings. The van der Waals surface area contributed by atoms with E-state index >= 15 is 0 Å². The van der Waals surface area contributed by atoms with E-state index in [2.05, 4.69) is 20.4 Å². The molecule has 0 fully saturated rings. The highest BCUT2D eigenvalue weighted by Crippen LogP contribution is 2.29. The number of rotatable bonds is 3. The SMILES string of the molecule is CC(=O)Nc1ccc(-c2noc(-c3cc(C)ccc3O)n2)nc1. The summed E-state index contributed by atoms with van der Waals surface area (Å²) in [7, 11) is 0. The standard InChI is InChI=1S/C16H14N4O3/c1-9-3-6-14(22)12(7-9)16-19-15(20-23-16)13-5-4-11(8-17-13)18-10(2)21/h3-8,22H,1-2H3,(H,18,21). The smallest absolute Gasteiger partial charge is 0.262 e. The summed E-state index contributed by atoms with van der Waals surface area (Å²) >= 11 is 0. The summed E-state index contributed by atoms with van der Waals surface area (Å²) < 4.78 is 5.20. The van der Waals surface area contributed by atoms with Gasteiger partial charge in [0.2, 0.25) is 11.7 Å². The Kier molecular flexibility index (Phi) is 3.76. The molecule has 7 nitrogen and oxygen atoms in total. The number of benzene rings is 1. The number of pyridine rings is 1. The maximum atomic E-state index is 11.0. The highest BCUT2D eigenvalue weighted by molar-refractivity contribution is 5.88. The van der Waals surface area contributed by atoms with E-state index in [1.807, 2.05) is 6.92 Å². The van der Waals surface area contributed by atoms with Crippen molar-refractivity contribution in [3.8, 4) is 28.7 Å². The molecule has 0 spiro atoms. The van der Waals surface area contributed by atoms with Crippen molar-refractivity contribution in [2.75, 3.05) is 5.32 Å². The van der Waals surface area contributed by atoms with Crippen LogP contribution in [0, 0.1) is 6.92 Å². The predicted octanol–water partition coefficient (Wildman–Crippen LogP) is 2.77. The molecule has 2 aromatic heterocycles. The number of carbonyl (C=O) groups is 1. The molecule has 0 aliphatic carbocycles. The van der Waals surface area contributed by atoms with E-state index in [-0.39, 0.29) is 17.5 Å². The van der Waals surface area contributed by atoms with Gasteiger partial charge in [0.1, 0.15) is 11.4 Å². The summed E-state index contributed by atoms with van der Waals surface area (Å²) in [5.74, 6) is 0.417. The maximum Gasteiger partial charge on any atom is 0.262 e. The third-order valence-corrected chi connectivity index (χ3v) is 3.12. The molecule has 0 saturated carbocycles. The second kappa shape index (κ2) is 5.88. The fourth-order valence-corrected chi connectivity index (χ4v) is 2.06. The molecule has 3 rings (SSSR count). The van der Waals surface area contributed by atoms with Gasteiger partial charge in [-0.25, -0.2) is 0 Å². The van der Waals surface area contributed by atoms with Crippen molar-refractivity contribution in [2.45, 2.75) is 13.8 Å². The van der Waals surface area contributed by atoms with Crippen LogP contribution in [0.4, 0.5) is 5.69 Å². The lowest BCUT2D eigenvalue weighted by Crippen LogP contribution is -2.05. The molecule has 2 heterocycles. The maximum absolute atomic E-state index is 11.0. The van der Waals surface area contributed by atoms with Crippen molar-refractivity contribution in [2.24, 2.45) is 0 Å². The van der Waals surface area contributed by atoms with Crippen LogP contribution in [0.2, 0.25) is 0 Å². The Morgan fingerprint density at radius 2 is 2.09 bits per heavy atom. The number of aryl methyl sites for hydroxylation is 1. The lowest BCUT2D eigenvalue weighted by Gasteiger charge is -2.01. The van der Waals surface area contributed by atoms with Gasteiger partial charge in [-0.05, 0) is 31.2 Å². The van der Waals surface area contributed by atoms with Gasteiger partial charge < -0.3 is 14.9 Å². The van der Waals surface area contributed by atoms with Crippen LogP contribution in [0.3, 0.4) is 0 Å². The first-order valence-electron chi connectivity index (χ1n) is 6.90. The molecule has 2 N–H and O–H groups in total. The monoisotopic (exact) mass is 310 g/mol. The highest BCUT2D eigenvalue weighted by Gasteiger charge is 2.15. The summed E-state index contributed by atoms with van der Waals surface area (Å²) in [6.45, 7) is 3.33. The minimum Gasteiger partial charge on any atom is -0.507 e. The van der Waals surface area contributed by atoms with E-state index in [9.17, 15) is 9.90 Å². The number of nitrogens with one attached hydrogen (secondary N) is 1. The van der Waals surface area contributed by atoms with Gasteiger partial charge in [0.05, 0.1) is 17.4 Å². The van der Waals surface area contributed by atoms with Crippen LogP contribution < -0.4 is 5.32 Å². The van der Waals surface area contributed by atoms with E-state index in [1.54, 1.807) is 30.3 Å². The number of phenolic OH excluding ortho intramolecular Hbond substituents is 1. The van der Waals surface area contributed by atoms with Gasteiger partial charge in [-0.15, -0.1) is 0 Å². The highest BCUT2D eigenvalue weighted by atomic mass is 16.5. The summed E-state index contributed by atoms with van der Waals surface area (Å²) in [4.78, 5) is 19.4. The van der Waals surface area contributed by atoms with Crippen LogP contribution in [-0.2, 0) is 4.79 Å². The molecule has 0 aliphatic rings. The summed E-state index contributed by atoms with van der Waals surface area (Å²) in [5, 5.41) is 16.4. The second-order valence-electron chi connectivity index (χ2n) is 5.06. The van der Waals surface area contributed by atoms with Crippen LogP contribution >= 0.6 is 0 Å². The Hall–Kier alpha value is -3.22. The largest absolute Gasteiger partial charge is 0.507 e. The molecule has 0 radical (unpaired) electrons. The topological polar surface area (TPSA) is 101 Å².